The van der Waals surface area contributed by atoms with E-state index in [9.17, 15) is 9.90 Å². The lowest BCUT2D eigenvalue weighted by Gasteiger charge is -2.25. The maximum Gasteiger partial charge on any atom is 0.237 e. The zero-order chi connectivity index (χ0) is 15.5. The van der Waals surface area contributed by atoms with Gasteiger partial charge in [0.1, 0.15) is 0 Å². The minimum Gasteiger partial charge on any atom is -0.389 e. The molecule has 1 saturated heterocycles. The molecule has 2 N–H and O–H groups in total. The Kier molecular flexibility index (Phi) is 5.01. The van der Waals surface area contributed by atoms with Gasteiger partial charge in [-0.3, -0.25) is 9.69 Å². The molecule has 1 atom stereocenters. The zero-order valence-corrected chi connectivity index (χ0v) is 13.2. The van der Waals surface area contributed by atoms with Gasteiger partial charge >= 0.3 is 0 Å². The number of carbonyl (C=O) groups is 1. The van der Waals surface area contributed by atoms with Gasteiger partial charge in [-0.25, -0.2) is 0 Å². The summed E-state index contributed by atoms with van der Waals surface area (Å²) in [7, 11) is 0. The van der Waals surface area contributed by atoms with Gasteiger partial charge in [0.05, 0.1) is 11.6 Å². The lowest BCUT2D eigenvalue weighted by atomic mass is 10.1. The summed E-state index contributed by atoms with van der Waals surface area (Å²) >= 11 is 0. The monoisotopic (exact) mass is 290 g/mol. The van der Waals surface area contributed by atoms with Gasteiger partial charge in [-0.15, -0.1) is 0 Å². The molecule has 0 bridgehead atoms. The number of likely N-dealkylation sites (tertiary alicyclic amines) is 1. The van der Waals surface area contributed by atoms with Crippen LogP contribution in [0.5, 0.6) is 0 Å². The van der Waals surface area contributed by atoms with Gasteiger partial charge in [0.25, 0.3) is 0 Å². The molecule has 1 fully saturated rings. The fourth-order valence-electron chi connectivity index (χ4n) is 2.78. The predicted octanol–water partition coefficient (Wildman–Crippen LogP) is 1.85. The number of benzene rings is 1. The van der Waals surface area contributed by atoms with E-state index in [4.69, 9.17) is 0 Å². The van der Waals surface area contributed by atoms with Crippen molar-refractivity contribution in [3.05, 3.63) is 35.4 Å². The van der Waals surface area contributed by atoms with Crippen molar-refractivity contribution in [2.75, 3.05) is 13.1 Å². The highest BCUT2D eigenvalue weighted by atomic mass is 16.3. The largest absolute Gasteiger partial charge is 0.389 e. The summed E-state index contributed by atoms with van der Waals surface area (Å²) < 4.78 is 0. The van der Waals surface area contributed by atoms with E-state index in [0.29, 0.717) is 6.54 Å². The molecular formula is C17H26N2O2. The Hall–Kier alpha value is -1.39. The molecule has 4 heteroatoms. The average molecular weight is 290 g/mol. The Labute approximate surface area is 127 Å². The quantitative estimate of drug-likeness (QED) is 0.870. The minimum absolute atomic E-state index is 0.0299. The van der Waals surface area contributed by atoms with Crippen LogP contribution in [0.2, 0.25) is 0 Å². The Balaban J connectivity index is 1.95. The number of amides is 1. The van der Waals surface area contributed by atoms with Crippen molar-refractivity contribution in [3.63, 3.8) is 0 Å². The van der Waals surface area contributed by atoms with Crippen LogP contribution in [0.15, 0.2) is 24.3 Å². The first kappa shape index (κ1) is 16.0. The fraction of sp³-hybridized carbons (Fsp3) is 0.588. The number of rotatable bonds is 5. The number of hydrogen-bond donors (Lipinski definition) is 2. The molecule has 1 heterocycles. The third-order valence-corrected chi connectivity index (χ3v) is 3.83. The number of hydrogen-bond acceptors (Lipinski definition) is 3. The highest BCUT2D eigenvalue weighted by Gasteiger charge is 2.31. The SMILES string of the molecule is Cc1cccc(CN2CCCC2C(=O)NCC(C)(C)O)c1. The second-order valence-corrected chi connectivity index (χ2v) is 6.65. The molecule has 4 nitrogen and oxygen atoms in total. The molecule has 1 amide bonds. The van der Waals surface area contributed by atoms with Crippen LogP contribution in [0.3, 0.4) is 0 Å². The average Bonchev–Trinajstić information content (AvgIpc) is 2.83. The van der Waals surface area contributed by atoms with E-state index in [0.717, 1.165) is 25.9 Å². The third-order valence-electron chi connectivity index (χ3n) is 3.83. The molecule has 0 radical (unpaired) electrons. The van der Waals surface area contributed by atoms with Crippen LogP contribution in [0, 0.1) is 6.92 Å². The Morgan fingerprint density at radius 2 is 2.24 bits per heavy atom. The third kappa shape index (κ3) is 4.83. The van der Waals surface area contributed by atoms with Crippen molar-refractivity contribution >= 4 is 5.91 Å². The molecule has 0 aromatic heterocycles. The highest BCUT2D eigenvalue weighted by Crippen LogP contribution is 2.20. The van der Waals surface area contributed by atoms with Crippen molar-refractivity contribution in [3.8, 4) is 0 Å². The molecule has 116 valence electrons. The van der Waals surface area contributed by atoms with Crippen molar-refractivity contribution in [1.82, 2.24) is 10.2 Å². The van der Waals surface area contributed by atoms with E-state index in [1.807, 2.05) is 0 Å². The first-order valence-corrected chi connectivity index (χ1v) is 7.65. The summed E-state index contributed by atoms with van der Waals surface area (Å²) in [5, 5.41) is 12.6. The second kappa shape index (κ2) is 6.58. The second-order valence-electron chi connectivity index (χ2n) is 6.65. The normalized spacial score (nSPS) is 19.7. The molecular weight excluding hydrogens is 264 g/mol. The van der Waals surface area contributed by atoms with E-state index in [-0.39, 0.29) is 11.9 Å². The maximum atomic E-state index is 12.3. The highest BCUT2D eigenvalue weighted by molar-refractivity contribution is 5.82. The first-order valence-electron chi connectivity index (χ1n) is 7.65. The summed E-state index contributed by atoms with van der Waals surface area (Å²) in [5.41, 5.74) is 1.63. The van der Waals surface area contributed by atoms with Crippen LogP contribution >= 0.6 is 0 Å². The summed E-state index contributed by atoms with van der Waals surface area (Å²) in [6.45, 7) is 7.54. The molecule has 1 aliphatic heterocycles. The van der Waals surface area contributed by atoms with Crippen molar-refractivity contribution in [1.29, 1.82) is 0 Å². The predicted molar refractivity (Wildman–Crippen MR) is 83.9 cm³/mol. The van der Waals surface area contributed by atoms with Gasteiger partial charge in [0, 0.05) is 13.1 Å². The Bertz CT molecular complexity index is 494. The molecule has 0 saturated carbocycles. The van der Waals surface area contributed by atoms with E-state index in [2.05, 4.69) is 41.4 Å². The van der Waals surface area contributed by atoms with Crippen LogP contribution in [0.4, 0.5) is 0 Å². The van der Waals surface area contributed by atoms with E-state index in [1.54, 1.807) is 13.8 Å². The number of aliphatic hydroxyl groups is 1. The summed E-state index contributed by atoms with van der Waals surface area (Å²) in [4.78, 5) is 14.5. The summed E-state index contributed by atoms with van der Waals surface area (Å²) in [6.07, 6.45) is 1.94. The maximum absolute atomic E-state index is 12.3. The smallest absolute Gasteiger partial charge is 0.237 e. The van der Waals surface area contributed by atoms with Crippen LogP contribution in [-0.2, 0) is 11.3 Å². The fourth-order valence-corrected chi connectivity index (χ4v) is 2.78. The van der Waals surface area contributed by atoms with Crippen molar-refractivity contribution in [2.45, 2.75) is 51.8 Å². The van der Waals surface area contributed by atoms with Gasteiger partial charge in [0.15, 0.2) is 0 Å². The summed E-state index contributed by atoms with van der Waals surface area (Å²) in [5.74, 6) is 0.0299. The molecule has 0 spiro atoms. The van der Waals surface area contributed by atoms with Gasteiger partial charge in [0.2, 0.25) is 5.91 Å². The molecule has 1 aromatic carbocycles. The van der Waals surface area contributed by atoms with Gasteiger partial charge < -0.3 is 10.4 Å². The zero-order valence-electron chi connectivity index (χ0n) is 13.2. The number of aryl methyl sites for hydroxylation is 1. The van der Waals surface area contributed by atoms with Crippen molar-refractivity contribution in [2.24, 2.45) is 0 Å². The van der Waals surface area contributed by atoms with E-state index < -0.39 is 5.60 Å². The van der Waals surface area contributed by atoms with E-state index in [1.165, 1.54) is 11.1 Å². The standard InChI is InChI=1S/C17H26N2O2/c1-13-6-4-7-14(10-13)11-19-9-5-8-15(19)16(20)18-12-17(2,3)21/h4,6-7,10,15,21H,5,8-9,11-12H2,1-3H3,(H,18,20). The first-order chi connectivity index (χ1) is 9.85. The van der Waals surface area contributed by atoms with Crippen LogP contribution in [-0.4, -0.2) is 40.6 Å². The number of nitrogens with zero attached hydrogens (tertiary/aromatic N) is 1. The van der Waals surface area contributed by atoms with Crippen LogP contribution in [0.1, 0.15) is 37.8 Å². The topological polar surface area (TPSA) is 52.6 Å². The molecule has 1 aliphatic rings. The van der Waals surface area contributed by atoms with Gasteiger partial charge in [-0.05, 0) is 45.7 Å². The van der Waals surface area contributed by atoms with Crippen LogP contribution in [0.25, 0.3) is 0 Å². The minimum atomic E-state index is -0.865. The number of carbonyl (C=O) groups excluding carboxylic acids is 1. The van der Waals surface area contributed by atoms with Gasteiger partial charge in [-0.1, -0.05) is 29.8 Å². The molecule has 1 unspecified atom stereocenters. The van der Waals surface area contributed by atoms with Crippen LogP contribution < -0.4 is 5.32 Å². The molecule has 1 aromatic rings. The van der Waals surface area contributed by atoms with E-state index >= 15 is 0 Å². The lowest BCUT2D eigenvalue weighted by Crippen LogP contribution is -2.47. The molecule has 2 rings (SSSR count). The summed E-state index contributed by atoms with van der Waals surface area (Å²) in [6, 6.07) is 8.35. The van der Waals surface area contributed by atoms with Crippen molar-refractivity contribution < 1.29 is 9.90 Å². The Morgan fingerprint density at radius 3 is 2.90 bits per heavy atom. The Morgan fingerprint density at radius 1 is 1.48 bits per heavy atom. The number of nitrogens with one attached hydrogen (secondary N) is 1. The molecule has 0 aliphatic carbocycles. The van der Waals surface area contributed by atoms with Gasteiger partial charge in [-0.2, -0.15) is 0 Å². The lowest BCUT2D eigenvalue weighted by molar-refractivity contribution is -0.126. The molecule has 21 heavy (non-hydrogen) atoms.